The molecule has 2 aromatic rings. The predicted octanol–water partition coefficient (Wildman–Crippen LogP) is 1.12. The number of rotatable bonds is 6. The van der Waals surface area contributed by atoms with Gasteiger partial charge in [-0.05, 0) is 29.8 Å². The fourth-order valence-electron chi connectivity index (χ4n) is 1.69. The van der Waals surface area contributed by atoms with Crippen molar-refractivity contribution in [3.8, 4) is 0 Å². The highest BCUT2D eigenvalue weighted by Crippen LogP contribution is 2.10. The van der Waals surface area contributed by atoms with Crippen molar-refractivity contribution in [3.05, 3.63) is 75.0 Å². The van der Waals surface area contributed by atoms with Crippen LogP contribution in [0.4, 0.5) is 0 Å². The molecule has 0 aliphatic carbocycles. The Kier molecular flexibility index (Phi) is 5.91. The van der Waals surface area contributed by atoms with Crippen molar-refractivity contribution in [1.82, 2.24) is 14.8 Å². The van der Waals surface area contributed by atoms with Crippen molar-refractivity contribution >= 4 is 33.6 Å². The summed E-state index contributed by atoms with van der Waals surface area (Å²) in [7, 11) is -3.87. The number of aromatic nitrogens is 1. The minimum absolute atomic E-state index is 0.302. The maximum atomic E-state index is 11.8. The second-order valence-electron chi connectivity index (χ2n) is 4.72. The van der Waals surface area contributed by atoms with Gasteiger partial charge in [0.15, 0.2) is 0 Å². The van der Waals surface area contributed by atoms with Crippen molar-refractivity contribution in [3.63, 3.8) is 0 Å². The van der Waals surface area contributed by atoms with E-state index in [1.165, 1.54) is 18.3 Å². The third-order valence-electron chi connectivity index (χ3n) is 2.86. The number of sulfonamides is 1. The Morgan fingerprint density at radius 2 is 1.88 bits per heavy atom. The monoisotopic (exact) mass is 367 g/mol. The van der Waals surface area contributed by atoms with Gasteiger partial charge in [-0.15, -0.1) is 4.83 Å². The molecule has 0 saturated carbocycles. The van der Waals surface area contributed by atoms with Crippen molar-refractivity contribution in [2.75, 3.05) is 0 Å². The Balaban J connectivity index is 1.92. The third kappa shape index (κ3) is 5.65. The van der Waals surface area contributed by atoms with Gasteiger partial charge < -0.3 is 4.57 Å². The second-order valence-corrected chi connectivity index (χ2v) is 6.72. The lowest BCUT2D eigenvalue weighted by atomic mass is 10.2. The van der Waals surface area contributed by atoms with Gasteiger partial charge in [-0.3, -0.25) is 15.0 Å². The predicted molar refractivity (Wildman–Crippen MR) is 91.4 cm³/mol. The molecule has 0 aliphatic rings. The van der Waals surface area contributed by atoms with E-state index in [1.807, 2.05) is 10.3 Å². The van der Waals surface area contributed by atoms with E-state index >= 15 is 0 Å². The Morgan fingerprint density at radius 1 is 1.17 bits per heavy atom. The number of amides is 1. The molecule has 0 spiro atoms. The number of nitrogens with zero attached hydrogens (tertiary/aromatic N) is 1. The quantitative estimate of drug-likeness (QED) is 0.748. The highest BCUT2D eigenvalue weighted by Gasteiger charge is 2.08. The first-order chi connectivity index (χ1) is 11.4. The Labute approximate surface area is 143 Å². The van der Waals surface area contributed by atoms with Gasteiger partial charge in [-0.2, -0.15) is 0 Å². The maximum Gasteiger partial charge on any atom is 0.254 e. The smallest absolute Gasteiger partial charge is 0.254 e. The summed E-state index contributed by atoms with van der Waals surface area (Å²) in [6.07, 6.45) is 2.78. The Hall–Kier alpha value is -2.42. The van der Waals surface area contributed by atoms with Gasteiger partial charge in [0.2, 0.25) is 0 Å². The average Bonchev–Trinajstić information content (AvgIpc) is 2.55. The summed E-state index contributed by atoms with van der Waals surface area (Å²) in [5.41, 5.74) is 2.30. The van der Waals surface area contributed by atoms with E-state index in [0.29, 0.717) is 10.6 Å². The number of hydrazine groups is 1. The topological polar surface area (TPSA) is 97.3 Å². The molecule has 0 fully saturated rings. The molecular formula is C15H14ClN3O4S. The van der Waals surface area contributed by atoms with E-state index in [-0.39, 0.29) is 12.1 Å². The largest absolute Gasteiger partial charge is 0.306 e. The van der Waals surface area contributed by atoms with Crippen LogP contribution in [0.15, 0.2) is 58.9 Å². The van der Waals surface area contributed by atoms with E-state index in [4.69, 9.17) is 11.6 Å². The molecule has 1 amide bonds. The van der Waals surface area contributed by atoms with Gasteiger partial charge in [-0.25, -0.2) is 8.42 Å². The van der Waals surface area contributed by atoms with Crippen LogP contribution in [0.3, 0.4) is 0 Å². The molecule has 1 heterocycles. The molecule has 0 bridgehead atoms. The molecule has 0 radical (unpaired) electrons. The van der Waals surface area contributed by atoms with Gasteiger partial charge in [0.1, 0.15) is 6.54 Å². The Bertz CT molecular complexity index is 905. The molecule has 0 aliphatic heterocycles. The lowest BCUT2D eigenvalue weighted by Gasteiger charge is -2.07. The summed E-state index contributed by atoms with van der Waals surface area (Å²) >= 11 is 5.74. The van der Waals surface area contributed by atoms with E-state index in [0.717, 1.165) is 9.98 Å². The third-order valence-corrected chi connectivity index (χ3v) is 3.99. The van der Waals surface area contributed by atoms with Gasteiger partial charge >= 0.3 is 0 Å². The lowest BCUT2D eigenvalue weighted by molar-refractivity contribution is -0.122. The first kappa shape index (κ1) is 17.9. The molecule has 0 unspecified atom stereocenters. The molecule has 0 saturated heterocycles. The fraction of sp³-hybridized carbons (Fsp3) is 0.0667. The van der Waals surface area contributed by atoms with Crippen LogP contribution < -0.4 is 15.8 Å². The average molecular weight is 368 g/mol. The van der Waals surface area contributed by atoms with E-state index in [9.17, 15) is 18.0 Å². The number of carbonyl (C=O) groups excluding carboxylic acids is 1. The molecule has 0 atom stereocenters. The highest BCUT2D eigenvalue weighted by molar-refractivity contribution is 7.92. The maximum absolute atomic E-state index is 11.8. The number of hydrogen-bond donors (Lipinski definition) is 2. The summed E-state index contributed by atoms with van der Waals surface area (Å²) in [6, 6.07) is 11.0. The van der Waals surface area contributed by atoms with Crippen LogP contribution in [0.5, 0.6) is 0 Å². The highest BCUT2D eigenvalue weighted by atomic mass is 35.5. The summed E-state index contributed by atoms with van der Waals surface area (Å²) in [4.78, 5) is 25.1. The van der Waals surface area contributed by atoms with Crippen molar-refractivity contribution in [2.45, 2.75) is 6.54 Å². The van der Waals surface area contributed by atoms with E-state index < -0.39 is 15.9 Å². The zero-order chi connectivity index (χ0) is 17.6. The van der Waals surface area contributed by atoms with Gasteiger partial charge in [0.05, 0.1) is 0 Å². The molecule has 7 nitrogen and oxygen atoms in total. The SMILES string of the molecule is O=C(Cn1ccccc1=O)NNS(=O)(=O)/C=C/c1ccc(Cl)cc1. The van der Waals surface area contributed by atoms with Crippen molar-refractivity contribution in [2.24, 2.45) is 0 Å². The lowest BCUT2D eigenvalue weighted by Crippen LogP contribution is -2.43. The van der Waals surface area contributed by atoms with Gasteiger partial charge in [-0.1, -0.05) is 29.8 Å². The first-order valence-corrected chi connectivity index (χ1v) is 8.68. The fourth-order valence-corrected chi connectivity index (χ4v) is 2.48. The number of pyridine rings is 1. The molecule has 1 aromatic carbocycles. The molecular weight excluding hydrogens is 354 g/mol. The number of benzene rings is 1. The van der Waals surface area contributed by atoms with Crippen LogP contribution in [0.1, 0.15) is 5.56 Å². The molecule has 9 heteroatoms. The molecule has 1 aromatic heterocycles. The van der Waals surface area contributed by atoms with Gasteiger partial charge in [0, 0.05) is 22.7 Å². The summed E-state index contributed by atoms with van der Waals surface area (Å²) in [5.74, 6) is -0.674. The normalized spacial score (nSPS) is 11.5. The summed E-state index contributed by atoms with van der Waals surface area (Å²) in [6.45, 7) is -0.302. The van der Waals surface area contributed by atoms with Crippen LogP contribution >= 0.6 is 11.6 Å². The number of carbonyl (C=O) groups is 1. The van der Waals surface area contributed by atoms with Crippen molar-refractivity contribution in [1.29, 1.82) is 0 Å². The standard InChI is InChI=1S/C15H14ClN3O4S/c16-13-6-4-12(5-7-13)8-10-24(22,23)18-17-14(20)11-19-9-2-1-3-15(19)21/h1-10,18H,11H2,(H,17,20)/b10-8+. The van der Waals surface area contributed by atoms with Crippen LogP contribution in [0.2, 0.25) is 5.02 Å². The van der Waals surface area contributed by atoms with Gasteiger partial charge in [0.25, 0.3) is 21.5 Å². The Morgan fingerprint density at radius 3 is 2.54 bits per heavy atom. The minimum atomic E-state index is -3.87. The van der Waals surface area contributed by atoms with Crippen LogP contribution in [-0.2, 0) is 21.4 Å². The minimum Gasteiger partial charge on any atom is -0.306 e. The molecule has 24 heavy (non-hydrogen) atoms. The van der Waals surface area contributed by atoms with Crippen LogP contribution in [0, 0.1) is 0 Å². The van der Waals surface area contributed by atoms with E-state index in [2.05, 4.69) is 0 Å². The first-order valence-electron chi connectivity index (χ1n) is 6.75. The molecule has 126 valence electrons. The van der Waals surface area contributed by atoms with Crippen LogP contribution in [-0.4, -0.2) is 18.9 Å². The van der Waals surface area contributed by atoms with E-state index in [1.54, 1.807) is 36.4 Å². The number of nitrogens with one attached hydrogen (secondary N) is 2. The van der Waals surface area contributed by atoms with Crippen LogP contribution in [0.25, 0.3) is 6.08 Å². The summed E-state index contributed by atoms with van der Waals surface area (Å²) in [5, 5.41) is 1.45. The number of hydrogen-bond acceptors (Lipinski definition) is 4. The second kappa shape index (κ2) is 7.91. The number of halogens is 1. The zero-order valence-electron chi connectivity index (χ0n) is 12.3. The summed E-state index contributed by atoms with van der Waals surface area (Å²) < 4.78 is 24.7. The zero-order valence-corrected chi connectivity index (χ0v) is 13.9. The molecule has 2 rings (SSSR count). The van der Waals surface area contributed by atoms with Crippen molar-refractivity contribution < 1.29 is 13.2 Å². The molecule has 2 N–H and O–H groups in total.